The molecule has 2 heterocycles. The molecule has 0 fully saturated rings. The monoisotopic (exact) mass is 333 g/mol. The van der Waals surface area contributed by atoms with Gasteiger partial charge in [-0.3, -0.25) is 0 Å². The van der Waals surface area contributed by atoms with Gasteiger partial charge in [0.2, 0.25) is 5.88 Å². The van der Waals surface area contributed by atoms with E-state index in [9.17, 15) is 8.42 Å². The van der Waals surface area contributed by atoms with E-state index in [2.05, 4.69) is 14.7 Å². The van der Waals surface area contributed by atoms with Crippen molar-refractivity contribution in [2.75, 3.05) is 7.11 Å². The summed E-state index contributed by atoms with van der Waals surface area (Å²) >= 11 is 6.65. The Morgan fingerprint density at radius 3 is 2.85 bits per heavy atom. The fraction of sp³-hybridized carbons (Fsp3) is 0.273. The first-order chi connectivity index (χ1) is 9.42. The molecule has 0 aromatic carbocycles. The molecule has 108 valence electrons. The summed E-state index contributed by atoms with van der Waals surface area (Å²) < 4.78 is 32.1. The molecule has 0 saturated carbocycles. The van der Waals surface area contributed by atoms with Gasteiger partial charge in [0.15, 0.2) is 8.68 Å². The summed E-state index contributed by atoms with van der Waals surface area (Å²) in [5.41, 5.74) is 1.13. The topological polar surface area (TPSA) is 81.2 Å². The molecular formula is C11H12ClN3O3S2. The van der Waals surface area contributed by atoms with Crippen LogP contribution in [0.25, 0.3) is 0 Å². The molecule has 0 atom stereocenters. The second-order valence-electron chi connectivity index (χ2n) is 3.87. The SMILES string of the molecule is COc1cc(CNS(=O)(=O)c2sc(Cl)nc2C)ccn1. The summed E-state index contributed by atoms with van der Waals surface area (Å²) in [4.78, 5) is 7.85. The molecule has 1 N–H and O–H groups in total. The van der Waals surface area contributed by atoms with Gasteiger partial charge in [0.05, 0.1) is 12.8 Å². The zero-order valence-corrected chi connectivity index (χ0v) is 13.1. The normalized spacial score (nSPS) is 11.6. The maximum absolute atomic E-state index is 12.1. The van der Waals surface area contributed by atoms with Crippen LogP contribution in [0.4, 0.5) is 0 Å². The van der Waals surface area contributed by atoms with Gasteiger partial charge < -0.3 is 4.74 Å². The first-order valence-corrected chi connectivity index (χ1v) is 8.21. The maximum atomic E-state index is 12.1. The van der Waals surface area contributed by atoms with Crippen LogP contribution in [0.1, 0.15) is 11.3 Å². The standard InChI is InChI=1S/C11H12ClN3O3S2/c1-7-10(19-11(12)15-7)20(16,17)14-6-8-3-4-13-9(5-8)18-2/h3-5,14H,6H2,1-2H3. The number of rotatable bonds is 5. The predicted molar refractivity (Wildman–Crippen MR) is 76.7 cm³/mol. The van der Waals surface area contributed by atoms with Crippen LogP contribution < -0.4 is 9.46 Å². The Morgan fingerprint density at radius 1 is 1.50 bits per heavy atom. The lowest BCUT2D eigenvalue weighted by Crippen LogP contribution is -2.23. The van der Waals surface area contributed by atoms with Crippen molar-refractivity contribution in [2.24, 2.45) is 0 Å². The average molecular weight is 334 g/mol. The molecule has 0 aliphatic heterocycles. The maximum Gasteiger partial charge on any atom is 0.252 e. The number of aryl methyl sites for hydroxylation is 1. The van der Waals surface area contributed by atoms with Crippen LogP contribution in [0.2, 0.25) is 4.47 Å². The Labute approximate surface area is 125 Å². The molecule has 0 radical (unpaired) electrons. The fourth-order valence-electron chi connectivity index (χ4n) is 1.52. The van der Waals surface area contributed by atoms with Crippen molar-refractivity contribution in [3.05, 3.63) is 34.1 Å². The molecular weight excluding hydrogens is 322 g/mol. The van der Waals surface area contributed by atoms with Crippen molar-refractivity contribution in [2.45, 2.75) is 17.7 Å². The molecule has 0 spiro atoms. The quantitative estimate of drug-likeness (QED) is 0.905. The lowest BCUT2D eigenvalue weighted by molar-refractivity contribution is 0.397. The first-order valence-electron chi connectivity index (χ1n) is 5.54. The number of thiazole rings is 1. The van der Waals surface area contributed by atoms with E-state index in [1.807, 2.05) is 0 Å². The Hall–Kier alpha value is -1.22. The van der Waals surface area contributed by atoms with Crippen molar-refractivity contribution in [1.82, 2.24) is 14.7 Å². The lowest BCUT2D eigenvalue weighted by atomic mass is 10.3. The highest BCUT2D eigenvalue weighted by Gasteiger charge is 2.21. The minimum atomic E-state index is -3.63. The number of methoxy groups -OCH3 is 1. The number of halogens is 1. The summed E-state index contributed by atoms with van der Waals surface area (Å²) in [6.07, 6.45) is 1.55. The van der Waals surface area contributed by atoms with E-state index >= 15 is 0 Å². The average Bonchev–Trinajstić information content (AvgIpc) is 2.77. The summed E-state index contributed by atoms with van der Waals surface area (Å²) in [7, 11) is -2.13. The molecule has 2 aromatic heterocycles. The van der Waals surface area contributed by atoms with Crippen LogP contribution in [0.15, 0.2) is 22.5 Å². The molecule has 9 heteroatoms. The zero-order chi connectivity index (χ0) is 14.8. The molecule has 0 aliphatic carbocycles. The van der Waals surface area contributed by atoms with Gasteiger partial charge in [-0.1, -0.05) is 22.9 Å². The molecule has 20 heavy (non-hydrogen) atoms. The van der Waals surface area contributed by atoms with Crippen molar-refractivity contribution >= 4 is 33.0 Å². The number of aromatic nitrogens is 2. The summed E-state index contributed by atoms with van der Waals surface area (Å²) in [5, 5.41) is 0. The Kier molecular flexibility index (Phi) is 4.59. The number of nitrogens with one attached hydrogen (secondary N) is 1. The molecule has 2 rings (SSSR count). The second kappa shape index (κ2) is 6.04. The third-order valence-corrected chi connectivity index (χ3v) is 5.72. The molecule has 2 aromatic rings. The number of sulfonamides is 1. The molecule has 0 saturated heterocycles. The molecule has 0 aliphatic rings. The molecule has 0 amide bonds. The van der Waals surface area contributed by atoms with Gasteiger partial charge >= 0.3 is 0 Å². The number of hydrogen-bond acceptors (Lipinski definition) is 6. The number of pyridine rings is 1. The molecule has 6 nitrogen and oxygen atoms in total. The van der Waals surface area contributed by atoms with Gasteiger partial charge in [-0.05, 0) is 18.6 Å². The Bertz CT molecular complexity index is 715. The van der Waals surface area contributed by atoms with Gasteiger partial charge in [-0.15, -0.1) is 0 Å². The van der Waals surface area contributed by atoms with E-state index in [0.29, 0.717) is 11.6 Å². The lowest BCUT2D eigenvalue weighted by Gasteiger charge is -2.06. The number of hydrogen-bond donors (Lipinski definition) is 1. The predicted octanol–water partition coefficient (Wildman–Crippen LogP) is 1.99. The van der Waals surface area contributed by atoms with Gasteiger partial charge in [0, 0.05) is 18.8 Å². The minimum absolute atomic E-state index is 0.128. The first kappa shape index (κ1) is 15.2. The highest BCUT2D eigenvalue weighted by molar-refractivity contribution is 7.91. The highest BCUT2D eigenvalue weighted by atomic mass is 35.5. The highest BCUT2D eigenvalue weighted by Crippen LogP contribution is 2.26. The van der Waals surface area contributed by atoms with Crippen LogP contribution >= 0.6 is 22.9 Å². The van der Waals surface area contributed by atoms with Crippen molar-refractivity contribution in [1.29, 1.82) is 0 Å². The van der Waals surface area contributed by atoms with Crippen LogP contribution in [0.5, 0.6) is 5.88 Å². The van der Waals surface area contributed by atoms with Gasteiger partial charge in [-0.2, -0.15) is 0 Å². The Morgan fingerprint density at radius 2 is 2.25 bits per heavy atom. The van der Waals surface area contributed by atoms with Crippen LogP contribution in [-0.2, 0) is 16.6 Å². The Balaban J connectivity index is 2.15. The molecule has 0 unspecified atom stereocenters. The van der Waals surface area contributed by atoms with Gasteiger partial charge in [0.1, 0.15) is 0 Å². The van der Waals surface area contributed by atoms with Crippen molar-refractivity contribution < 1.29 is 13.2 Å². The van der Waals surface area contributed by atoms with Crippen molar-refractivity contribution in [3.8, 4) is 5.88 Å². The minimum Gasteiger partial charge on any atom is -0.481 e. The van der Waals surface area contributed by atoms with E-state index < -0.39 is 10.0 Å². The third-order valence-electron chi connectivity index (χ3n) is 2.45. The molecule has 0 bridgehead atoms. The van der Waals surface area contributed by atoms with Crippen LogP contribution in [0.3, 0.4) is 0 Å². The van der Waals surface area contributed by atoms with Crippen LogP contribution in [-0.4, -0.2) is 25.5 Å². The number of ether oxygens (including phenoxy) is 1. The third kappa shape index (κ3) is 3.45. The smallest absolute Gasteiger partial charge is 0.252 e. The summed E-state index contributed by atoms with van der Waals surface area (Å²) in [6.45, 7) is 1.74. The summed E-state index contributed by atoms with van der Waals surface area (Å²) in [6, 6.07) is 3.37. The van der Waals surface area contributed by atoms with E-state index in [0.717, 1.165) is 16.9 Å². The number of nitrogens with zero attached hydrogens (tertiary/aromatic N) is 2. The fourth-order valence-corrected chi connectivity index (χ4v) is 4.32. The van der Waals surface area contributed by atoms with E-state index in [4.69, 9.17) is 16.3 Å². The zero-order valence-electron chi connectivity index (χ0n) is 10.8. The van der Waals surface area contributed by atoms with E-state index in [1.54, 1.807) is 25.3 Å². The largest absolute Gasteiger partial charge is 0.481 e. The summed E-state index contributed by atoms with van der Waals surface area (Å²) in [5.74, 6) is 0.429. The van der Waals surface area contributed by atoms with E-state index in [-0.39, 0.29) is 15.2 Å². The van der Waals surface area contributed by atoms with E-state index in [1.165, 1.54) is 7.11 Å². The van der Waals surface area contributed by atoms with Gasteiger partial charge in [0.25, 0.3) is 10.0 Å². The second-order valence-corrected chi connectivity index (χ2v) is 7.41. The van der Waals surface area contributed by atoms with Gasteiger partial charge in [-0.25, -0.2) is 23.1 Å². The van der Waals surface area contributed by atoms with Crippen molar-refractivity contribution in [3.63, 3.8) is 0 Å². The van der Waals surface area contributed by atoms with Crippen LogP contribution in [0, 0.1) is 6.92 Å².